The molecule has 8 nitrogen and oxygen atoms in total. The predicted octanol–water partition coefficient (Wildman–Crippen LogP) is 4.91. The minimum Gasteiger partial charge on any atom is -0.494 e. The maximum Gasteiger partial charge on any atom is 0.255 e. The van der Waals surface area contributed by atoms with E-state index in [-0.39, 0.29) is 17.7 Å². The molecule has 0 spiro atoms. The van der Waals surface area contributed by atoms with Crippen LogP contribution in [0.2, 0.25) is 0 Å². The minimum absolute atomic E-state index is 0.210. The summed E-state index contributed by atoms with van der Waals surface area (Å²) in [6.45, 7) is 3.36. The van der Waals surface area contributed by atoms with Gasteiger partial charge in [0.15, 0.2) is 5.75 Å². The summed E-state index contributed by atoms with van der Waals surface area (Å²) in [5.41, 5.74) is 4.10. The highest BCUT2D eigenvalue weighted by atomic mass is 16.5. The molecule has 2 amide bonds. The van der Waals surface area contributed by atoms with Crippen LogP contribution in [0.1, 0.15) is 71.5 Å². The van der Waals surface area contributed by atoms with Crippen molar-refractivity contribution in [2.45, 2.75) is 51.4 Å². The number of methoxy groups -OCH3 is 1. The lowest BCUT2D eigenvalue weighted by molar-refractivity contribution is -0.136. The van der Waals surface area contributed by atoms with E-state index >= 15 is 0 Å². The lowest BCUT2D eigenvalue weighted by Gasteiger charge is -2.33. The zero-order chi connectivity index (χ0) is 26.1. The number of hydrogen-bond acceptors (Lipinski definition) is 5. The number of carbonyl (C=O) groups excluding carboxylic acids is 2. The first-order valence-corrected chi connectivity index (χ1v) is 13.0. The van der Waals surface area contributed by atoms with Gasteiger partial charge in [0.25, 0.3) is 5.91 Å². The number of carbonyl (C=O) groups is 2. The van der Waals surface area contributed by atoms with Crippen LogP contribution >= 0.6 is 0 Å². The number of rotatable bonds is 5. The van der Waals surface area contributed by atoms with Crippen molar-refractivity contribution >= 4 is 28.5 Å². The van der Waals surface area contributed by atoms with Gasteiger partial charge in [-0.2, -0.15) is 5.26 Å². The van der Waals surface area contributed by atoms with Crippen molar-refractivity contribution in [3.8, 4) is 11.8 Å². The lowest BCUT2D eigenvalue weighted by atomic mass is 9.88. The molecule has 5 rings (SSSR count). The van der Waals surface area contributed by atoms with Crippen molar-refractivity contribution in [2.24, 2.45) is 13.0 Å². The van der Waals surface area contributed by atoms with Gasteiger partial charge in [0.05, 0.1) is 30.3 Å². The second-order valence-electron chi connectivity index (χ2n) is 10.3. The molecule has 1 aliphatic heterocycles. The fraction of sp³-hybridized carbons (Fsp3) is 0.448. The number of benzene rings is 1. The number of nitrogens with one attached hydrogen (secondary N) is 1. The van der Waals surface area contributed by atoms with Crippen LogP contribution in [0.3, 0.4) is 0 Å². The highest BCUT2D eigenvalue weighted by molar-refractivity contribution is 6.07. The number of aromatic nitrogens is 2. The molecule has 2 aliphatic rings. The molecule has 3 aromatic rings. The standard InChI is InChI=1S/C29H33N5O3/c1-18-8-9-21(14-22(18)15-30)28(35)32-24-16-31-27-25(26(24)37-3)23(17-33(27)2)19-10-12-34(13-11-19)29(36)20-6-4-5-7-20/h8-9,14,16-17,19-20H,4-7,10-13H2,1-3H3,(H,32,35). The van der Waals surface area contributed by atoms with Gasteiger partial charge < -0.3 is 19.5 Å². The summed E-state index contributed by atoms with van der Waals surface area (Å²) >= 11 is 0. The van der Waals surface area contributed by atoms with Crippen molar-refractivity contribution in [3.63, 3.8) is 0 Å². The first-order valence-electron chi connectivity index (χ1n) is 13.0. The maximum atomic E-state index is 13.1. The smallest absolute Gasteiger partial charge is 0.255 e. The van der Waals surface area contributed by atoms with Crippen molar-refractivity contribution in [1.82, 2.24) is 14.5 Å². The molecule has 1 aliphatic carbocycles. The highest BCUT2D eigenvalue weighted by Gasteiger charge is 2.32. The third-order valence-electron chi connectivity index (χ3n) is 7.99. The van der Waals surface area contributed by atoms with Gasteiger partial charge in [-0.05, 0) is 61.8 Å². The van der Waals surface area contributed by atoms with Gasteiger partial charge in [0.1, 0.15) is 11.3 Å². The van der Waals surface area contributed by atoms with Crippen LogP contribution in [-0.2, 0) is 11.8 Å². The molecule has 0 radical (unpaired) electrons. The van der Waals surface area contributed by atoms with E-state index in [0.29, 0.717) is 28.5 Å². The molecule has 192 valence electrons. The lowest BCUT2D eigenvalue weighted by Crippen LogP contribution is -2.40. The topological polar surface area (TPSA) is 100 Å². The summed E-state index contributed by atoms with van der Waals surface area (Å²) in [6.07, 6.45) is 9.88. The number of amides is 2. The van der Waals surface area contributed by atoms with E-state index in [4.69, 9.17) is 4.74 Å². The average Bonchev–Trinajstić information content (AvgIpc) is 3.57. The summed E-state index contributed by atoms with van der Waals surface area (Å²) < 4.78 is 7.84. The van der Waals surface area contributed by atoms with E-state index in [1.165, 1.54) is 0 Å². The fourth-order valence-corrected chi connectivity index (χ4v) is 5.88. The number of pyridine rings is 1. The predicted molar refractivity (Wildman–Crippen MR) is 142 cm³/mol. The normalized spacial score (nSPS) is 16.6. The number of fused-ring (bicyclic) bond motifs is 1. The Balaban J connectivity index is 1.40. The van der Waals surface area contributed by atoms with Crippen LogP contribution in [0.4, 0.5) is 5.69 Å². The summed E-state index contributed by atoms with van der Waals surface area (Å²) in [6, 6.07) is 7.20. The molecule has 2 aromatic heterocycles. The summed E-state index contributed by atoms with van der Waals surface area (Å²) in [5, 5.41) is 13.2. The van der Waals surface area contributed by atoms with E-state index < -0.39 is 0 Å². The third kappa shape index (κ3) is 4.66. The molecule has 2 fully saturated rings. The highest BCUT2D eigenvalue weighted by Crippen LogP contribution is 2.41. The SMILES string of the molecule is COc1c(NC(=O)c2ccc(C)c(C#N)c2)cnc2c1c(C1CCN(C(=O)C3CCCC3)CC1)cn2C. The van der Waals surface area contributed by atoms with E-state index in [9.17, 15) is 14.9 Å². The van der Waals surface area contributed by atoms with Gasteiger partial charge in [-0.3, -0.25) is 9.59 Å². The van der Waals surface area contributed by atoms with Crippen LogP contribution in [0.5, 0.6) is 5.75 Å². The number of piperidine rings is 1. The molecule has 1 saturated carbocycles. The second kappa shape index (κ2) is 10.3. The van der Waals surface area contributed by atoms with Crippen molar-refractivity contribution < 1.29 is 14.3 Å². The van der Waals surface area contributed by atoms with Crippen LogP contribution in [-0.4, -0.2) is 46.5 Å². The number of nitriles is 1. The molecule has 0 bridgehead atoms. The van der Waals surface area contributed by atoms with Gasteiger partial charge in [-0.25, -0.2) is 4.98 Å². The van der Waals surface area contributed by atoms with Gasteiger partial charge in [-0.15, -0.1) is 0 Å². The maximum absolute atomic E-state index is 13.1. The number of anilines is 1. The average molecular weight is 500 g/mol. The Labute approximate surface area is 217 Å². The molecular weight excluding hydrogens is 466 g/mol. The quantitative estimate of drug-likeness (QED) is 0.538. The Hall–Kier alpha value is -3.86. The molecule has 0 atom stereocenters. The molecule has 3 heterocycles. The summed E-state index contributed by atoms with van der Waals surface area (Å²) in [7, 11) is 3.56. The van der Waals surface area contributed by atoms with E-state index in [2.05, 4.69) is 27.5 Å². The molecule has 0 unspecified atom stereocenters. The van der Waals surface area contributed by atoms with Crippen LogP contribution in [0.15, 0.2) is 30.6 Å². The van der Waals surface area contributed by atoms with Crippen molar-refractivity contribution in [2.75, 3.05) is 25.5 Å². The zero-order valence-electron chi connectivity index (χ0n) is 21.7. The van der Waals surface area contributed by atoms with Crippen LogP contribution in [0.25, 0.3) is 11.0 Å². The zero-order valence-corrected chi connectivity index (χ0v) is 21.7. The Morgan fingerprint density at radius 2 is 1.89 bits per heavy atom. The summed E-state index contributed by atoms with van der Waals surface area (Å²) in [5.74, 6) is 1.06. The minimum atomic E-state index is -0.327. The summed E-state index contributed by atoms with van der Waals surface area (Å²) in [4.78, 5) is 32.7. The number of hydrogen-bond donors (Lipinski definition) is 1. The number of aryl methyl sites for hydroxylation is 2. The van der Waals surface area contributed by atoms with Gasteiger partial charge in [0.2, 0.25) is 5.91 Å². The monoisotopic (exact) mass is 499 g/mol. The van der Waals surface area contributed by atoms with Crippen molar-refractivity contribution in [1.29, 1.82) is 5.26 Å². The molecule has 8 heteroatoms. The van der Waals surface area contributed by atoms with Crippen LogP contribution < -0.4 is 10.1 Å². The third-order valence-corrected chi connectivity index (χ3v) is 7.99. The van der Waals surface area contributed by atoms with E-state index in [0.717, 1.165) is 73.8 Å². The molecule has 1 aromatic carbocycles. The number of ether oxygens (including phenoxy) is 1. The van der Waals surface area contributed by atoms with Gasteiger partial charge in [-0.1, -0.05) is 18.9 Å². The van der Waals surface area contributed by atoms with Crippen LogP contribution in [0, 0.1) is 24.2 Å². The largest absolute Gasteiger partial charge is 0.494 e. The van der Waals surface area contributed by atoms with E-state index in [1.807, 2.05) is 18.5 Å². The molecule has 1 saturated heterocycles. The Morgan fingerprint density at radius 3 is 2.57 bits per heavy atom. The number of nitrogens with zero attached hydrogens (tertiary/aromatic N) is 4. The van der Waals surface area contributed by atoms with E-state index in [1.54, 1.807) is 31.5 Å². The van der Waals surface area contributed by atoms with Gasteiger partial charge in [0, 0.05) is 37.8 Å². The Kier molecular flexibility index (Phi) is 6.88. The molecular formula is C29H33N5O3. The Bertz CT molecular complexity index is 1390. The fourth-order valence-electron chi connectivity index (χ4n) is 5.88. The first-order chi connectivity index (χ1) is 17.9. The molecule has 1 N–H and O–H groups in total. The van der Waals surface area contributed by atoms with Crippen molar-refractivity contribution in [3.05, 3.63) is 52.8 Å². The number of likely N-dealkylation sites (tertiary alicyclic amines) is 1. The second-order valence-corrected chi connectivity index (χ2v) is 10.3. The van der Waals surface area contributed by atoms with Gasteiger partial charge >= 0.3 is 0 Å². The molecule has 37 heavy (non-hydrogen) atoms. The Morgan fingerprint density at radius 1 is 1.16 bits per heavy atom. The first kappa shape index (κ1) is 24.8.